The molecule has 1 atom stereocenters. The summed E-state index contributed by atoms with van der Waals surface area (Å²) in [6.45, 7) is 1.84. The Kier molecular flexibility index (Phi) is 3.17. The molecule has 0 saturated heterocycles. The smallest absolute Gasteiger partial charge is 0.125 e. The summed E-state index contributed by atoms with van der Waals surface area (Å²) in [5, 5.41) is 0.663. The fraction of sp³-hybridized carbons (Fsp3) is 0.167. The van der Waals surface area contributed by atoms with Crippen LogP contribution in [-0.2, 0) is 0 Å². The van der Waals surface area contributed by atoms with Gasteiger partial charge < -0.3 is 5.73 Å². The monoisotopic (exact) mass is 233 g/mol. The van der Waals surface area contributed by atoms with Crippen LogP contribution in [0.1, 0.15) is 23.0 Å². The van der Waals surface area contributed by atoms with Crippen molar-refractivity contribution in [1.29, 1.82) is 0 Å². The first-order valence-corrected chi connectivity index (χ1v) is 5.35. The number of nitrogens with zero attached hydrogens (tertiary/aromatic N) is 2. The van der Waals surface area contributed by atoms with E-state index in [0.29, 0.717) is 5.02 Å². The minimum Gasteiger partial charge on any atom is -0.320 e. The normalized spacial score (nSPS) is 12.4. The van der Waals surface area contributed by atoms with Crippen LogP contribution in [0.2, 0.25) is 5.02 Å². The van der Waals surface area contributed by atoms with Crippen molar-refractivity contribution >= 4 is 11.6 Å². The largest absolute Gasteiger partial charge is 0.320 e. The summed E-state index contributed by atoms with van der Waals surface area (Å²) in [7, 11) is 0. The highest BCUT2D eigenvalue weighted by Crippen LogP contribution is 2.25. The molecule has 0 aliphatic rings. The first kappa shape index (κ1) is 11.0. The first-order valence-electron chi connectivity index (χ1n) is 4.97. The highest BCUT2D eigenvalue weighted by Gasteiger charge is 2.12. The molecule has 0 fully saturated rings. The van der Waals surface area contributed by atoms with Crippen LogP contribution >= 0.6 is 11.6 Å². The Morgan fingerprint density at radius 1 is 1.19 bits per heavy atom. The minimum absolute atomic E-state index is 0.283. The number of aromatic nitrogens is 2. The molecule has 2 aromatic rings. The van der Waals surface area contributed by atoms with Gasteiger partial charge in [-0.05, 0) is 18.6 Å². The maximum Gasteiger partial charge on any atom is 0.125 e. The summed E-state index contributed by atoms with van der Waals surface area (Å²) < 4.78 is 0. The Balaban J connectivity index is 2.35. The van der Waals surface area contributed by atoms with E-state index in [1.807, 2.05) is 31.2 Å². The summed E-state index contributed by atoms with van der Waals surface area (Å²) in [6.07, 6.45) is 3.46. The molecule has 1 aromatic heterocycles. The van der Waals surface area contributed by atoms with E-state index >= 15 is 0 Å². The van der Waals surface area contributed by atoms with Gasteiger partial charge in [0, 0.05) is 23.0 Å². The second-order valence-electron chi connectivity index (χ2n) is 3.56. The molecule has 3 nitrogen and oxygen atoms in total. The molecule has 0 radical (unpaired) electrons. The predicted molar refractivity (Wildman–Crippen MR) is 64.3 cm³/mol. The van der Waals surface area contributed by atoms with Gasteiger partial charge in [-0.2, -0.15) is 0 Å². The first-order chi connectivity index (χ1) is 7.68. The lowest BCUT2D eigenvalue weighted by atomic mass is 10.0. The average molecular weight is 234 g/mol. The van der Waals surface area contributed by atoms with Gasteiger partial charge in [-0.25, -0.2) is 9.97 Å². The number of nitrogens with two attached hydrogens (primary N) is 1. The van der Waals surface area contributed by atoms with Gasteiger partial charge in [-0.3, -0.25) is 0 Å². The van der Waals surface area contributed by atoms with Crippen LogP contribution in [0, 0.1) is 6.92 Å². The number of hydrogen-bond donors (Lipinski definition) is 1. The van der Waals surface area contributed by atoms with Crippen LogP contribution < -0.4 is 5.73 Å². The number of hydrogen-bond acceptors (Lipinski definition) is 3. The van der Waals surface area contributed by atoms with Gasteiger partial charge in [0.05, 0.1) is 6.04 Å². The van der Waals surface area contributed by atoms with Crippen LogP contribution in [0.3, 0.4) is 0 Å². The third-order valence-corrected chi connectivity index (χ3v) is 2.74. The van der Waals surface area contributed by atoms with Crippen molar-refractivity contribution in [1.82, 2.24) is 9.97 Å². The summed E-state index contributed by atoms with van der Waals surface area (Å²) in [5.41, 5.74) is 7.85. The highest BCUT2D eigenvalue weighted by molar-refractivity contribution is 6.31. The molecular weight excluding hydrogens is 222 g/mol. The van der Waals surface area contributed by atoms with E-state index in [1.54, 1.807) is 12.4 Å². The molecule has 0 saturated carbocycles. The van der Waals surface area contributed by atoms with E-state index in [-0.39, 0.29) is 6.04 Å². The molecule has 1 unspecified atom stereocenters. The van der Waals surface area contributed by atoms with Crippen molar-refractivity contribution in [3.05, 3.63) is 58.6 Å². The fourth-order valence-electron chi connectivity index (χ4n) is 1.47. The highest BCUT2D eigenvalue weighted by atomic mass is 35.5. The predicted octanol–water partition coefficient (Wildman–Crippen LogP) is 2.49. The Hall–Kier alpha value is -1.45. The van der Waals surface area contributed by atoms with Crippen molar-refractivity contribution in [3.63, 3.8) is 0 Å². The SMILES string of the molecule is Cc1ncc(C(N)c2ccccc2Cl)cn1. The standard InChI is InChI=1S/C12H12ClN3/c1-8-15-6-9(7-16-8)12(14)10-4-2-3-5-11(10)13/h2-7,12H,14H2,1H3. The molecule has 0 spiro atoms. The fourth-order valence-corrected chi connectivity index (χ4v) is 1.72. The van der Waals surface area contributed by atoms with Gasteiger partial charge in [-0.1, -0.05) is 29.8 Å². The molecule has 1 aromatic carbocycles. The molecule has 0 amide bonds. The topological polar surface area (TPSA) is 51.8 Å². The zero-order valence-corrected chi connectivity index (χ0v) is 9.65. The van der Waals surface area contributed by atoms with Crippen molar-refractivity contribution < 1.29 is 0 Å². The van der Waals surface area contributed by atoms with Gasteiger partial charge in [0.1, 0.15) is 5.82 Å². The Morgan fingerprint density at radius 3 is 2.44 bits per heavy atom. The van der Waals surface area contributed by atoms with Crippen LogP contribution in [0.25, 0.3) is 0 Å². The lowest BCUT2D eigenvalue weighted by Gasteiger charge is -2.13. The third kappa shape index (κ3) is 2.21. The van der Waals surface area contributed by atoms with Crippen LogP contribution in [0.4, 0.5) is 0 Å². The van der Waals surface area contributed by atoms with E-state index in [0.717, 1.165) is 17.0 Å². The quantitative estimate of drug-likeness (QED) is 0.867. The zero-order valence-electron chi connectivity index (χ0n) is 8.89. The van der Waals surface area contributed by atoms with E-state index in [1.165, 1.54) is 0 Å². The maximum atomic E-state index is 6.10. The lowest BCUT2D eigenvalue weighted by molar-refractivity contribution is 0.843. The second-order valence-corrected chi connectivity index (χ2v) is 3.97. The van der Waals surface area contributed by atoms with Gasteiger partial charge in [-0.15, -0.1) is 0 Å². The number of aryl methyl sites for hydroxylation is 1. The number of benzene rings is 1. The lowest BCUT2D eigenvalue weighted by Crippen LogP contribution is -2.13. The number of rotatable bonds is 2. The Morgan fingerprint density at radius 2 is 1.81 bits per heavy atom. The molecule has 2 N–H and O–H groups in total. The van der Waals surface area contributed by atoms with E-state index < -0.39 is 0 Å². The Labute approximate surface area is 99.3 Å². The molecule has 0 aliphatic carbocycles. The molecule has 4 heteroatoms. The van der Waals surface area contributed by atoms with Crippen molar-refractivity contribution in [2.75, 3.05) is 0 Å². The van der Waals surface area contributed by atoms with Crippen LogP contribution in [-0.4, -0.2) is 9.97 Å². The second kappa shape index (κ2) is 4.60. The Bertz CT molecular complexity index is 482. The van der Waals surface area contributed by atoms with Crippen molar-refractivity contribution in [2.24, 2.45) is 5.73 Å². The van der Waals surface area contributed by atoms with Gasteiger partial charge in [0.15, 0.2) is 0 Å². The van der Waals surface area contributed by atoms with Crippen molar-refractivity contribution in [2.45, 2.75) is 13.0 Å². The average Bonchev–Trinajstić information content (AvgIpc) is 2.30. The molecule has 16 heavy (non-hydrogen) atoms. The summed E-state index contributed by atoms with van der Waals surface area (Å²) in [5.74, 6) is 0.732. The number of halogens is 1. The van der Waals surface area contributed by atoms with Crippen LogP contribution in [0.5, 0.6) is 0 Å². The zero-order chi connectivity index (χ0) is 11.5. The van der Waals surface area contributed by atoms with E-state index in [4.69, 9.17) is 17.3 Å². The summed E-state index contributed by atoms with van der Waals surface area (Å²) >= 11 is 6.08. The minimum atomic E-state index is -0.283. The van der Waals surface area contributed by atoms with Crippen LogP contribution in [0.15, 0.2) is 36.7 Å². The van der Waals surface area contributed by atoms with Crippen molar-refractivity contribution in [3.8, 4) is 0 Å². The molecule has 0 aliphatic heterocycles. The molecular formula is C12H12ClN3. The van der Waals surface area contributed by atoms with Gasteiger partial charge in [0.25, 0.3) is 0 Å². The molecule has 0 bridgehead atoms. The summed E-state index contributed by atoms with van der Waals surface area (Å²) in [6, 6.07) is 7.24. The van der Waals surface area contributed by atoms with Gasteiger partial charge in [0.2, 0.25) is 0 Å². The molecule has 82 valence electrons. The maximum absolute atomic E-state index is 6.10. The van der Waals surface area contributed by atoms with E-state index in [9.17, 15) is 0 Å². The van der Waals surface area contributed by atoms with Gasteiger partial charge >= 0.3 is 0 Å². The molecule has 2 rings (SSSR count). The third-order valence-electron chi connectivity index (χ3n) is 2.40. The summed E-state index contributed by atoms with van der Waals surface area (Å²) in [4.78, 5) is 8.24. The molecule has 1 heterocycles. The van der Waals surface area contributed by atoms with E-state index in [2.05, 4.69) is 9.97 Å².